The van der Waals surface area contributed by atoms with Crippen molar-refractivity contribution in [1.82, 2.24) is 20.5 Å². The first kappa shape index (κ1) is 26.1. The average molecular weight is 484 g/mol. The van der Waals surface area contributed by atoms with Crippen molar-refractivity contribution in [3.05, 3.63) is 23.2 Å². The summed E-state index contributed by atoms with van der Waals surface area (Å²) in [5, 5.41) is 23.2. The van der Waals surface area contributed by atoms with Crippen LogP contribution in [0.25, 0.3) is 11.5 Å². The van der Waals surface area contributed by atoms with Gasteiger partial charge >= 0.3 is 6.09 Å². The number of carbonyl (C=O) groups is 1. The summed E-state index contributed by atoms with van der Waals surface area (Å²) in [6.07, 6.45) is 0.505. The fraction of sp³-hybridized carbons (Fsp3) is 0.619. The van der Waals surface area contributed by atoms with E-state index in [1.54, 1.807) is 12.3 Å². The second kappa shape index (κ2) is 9.76. The van der Waals surface area contributed by atoms with Crippen LogP contribution in [-0.2, 0) is 11.0 Å². The number of anilines is 1. The third kappa shape index (κ3) is 6.91. The van der Waals surface area contributed by atoms with Gasteiger partial charge in [-0.2, -0.15) is 0 Å². The molecule has 178 valence electrons. The van der Waals surface area contributed by atoms with Crippen molar-refractivity contribution in [1.29, 1.82) is 0 Å². The van der Waals surface area contributed by atoms with Crippen LogP contribution < -0.4 is 10.6 Å². The van der Waals surface area contributed by atoms with Crippen molar-refractivity contribution in [3.63, 3.8) is 0 Å². The highest BCUT2D eigenvalue weighted by Crippen LogP contribution is 2.37. The zero-order valence-corrected chi connectivity index (χ0v) is 21.8. The number of nitrogens with one attached hydrogen (secondary N) is 2. The number of amides is 1. The summed E-state index contributed by atoms with van der Waals surface area (Å²) in [4.78, 5) is 15.3. The molecule has 2 rings (SSSR count). The van der Waals surface area contributed by atoms with Gasteiger partial charge in [0.25, 0.3) is 0 Å². The third-order valence-corrected chi connectivity index (χ3v) is 10.5. The summed E-state index contributed by atoms with van der Waals surface area (Å²) >= 11 is 6.44. The van der Waals surface area contributed by atoms with Gasteiger partial charge in [0.05, 0.1) is 10.6 Å². The third-order valence-electron chi connectivity index (χ3n) is 5.73. The van der Waals surface area contributed by atoms with Crippen molar-refractivity contribution < 1.29 is 18.7 Å². The summed E-state index contributed by atoms with van der Waals surface area (Å²) in [5.41, 5.74) is 0.347. The Morgan fingerprint density at radius 1 is 1.25 bits per heavy atom. The number of hydrogen-bond donors (Lipinski definition) is 3. The van der Waals surface area contributed by atoms with Crippen LogP contribution in [0.5, 0.6) is 0 Å². The summed E-state index contributed by atoms with van der Waals surface area (Å²) in [7, 11) is -1.93. The number of pyridine rings is 1. The summed E-state index contributed by atoms with van der Waals surface area (Å²) in [6, 6.07) is 1.46. The summed E-state index contributed by atoms with van der Waals surface area (Å²) < 4.78 is 11.9. The summed E-state index contributed by atoms with van der Waals surface area (Å²) in [5.74, 6) is 1.15. The zero-order chi connectivity index (χ0) is 24.3. The van der Waals surface area contributed by atoms with Crippen LogP contribution in [0.3, 0.4) is 0 Å². The number of nitrogens with zero attached hydrogens (tertiary/aromatic N) is 3. The van der Waals surface area contributed by atoms with E-state index in [2.05, 4.69) is 59.7 Å². The molecule has 1 unspecified atom stereocenters. The van der Waals surface area contributed by atoms with Crippen molar-refractivity contribution >= 4 is 31.8 Å². The van der Waals surface area contributed by atoms with Gasteiger partial charge < -0.3 is 24.6 Å². The van der Waals surface area contributed by atoms with E-state index in [-0.39, 0.29) is 29.6 Å². The highest BCUT2D eigenvalue weighted by molar-refractivity contribution is 6.74. The molecular weight excluding hydrogens is 450 g/mol. The molecule has 9 nitrogen and oxygen atoms in total. The van der Waals surface area contributed by atoms with E-state index in [1.807, 2.05) is 20.8 Å². The standard InChI is InChI=1S/C21H34ClN5O4Si/c1-20(2,3)15(11-24-19(28)29)25-17-14(22)9-13(10-23-17)18-27-26-16(31-18)12-30-32(7,8)21(4,5)6/h9-10,15,24H,11-12H2,1-8H3,(H,23,25)(H,28,29). The quantitative estimate of drug-likeness (QED) is 0.426. The Bertz CT molecular complexity index is 937. The number of carboxylic acid groups (broad SMARTS) is 1. The molecule has 32 heavy (non-hydrogen) atoms. The lowest BCUT2D eigenvalue weighted by molar-refractivity contribution is 0.191. The smallest absolute Gasteiger partial charge is 0.404 e. The minimum atomic E-state index is -1.93. The molecule has 0 fully saturated rings. The molecule has 2 heterocycles. The molecule has 0 bridgehead atoms. The van der Waals surface area contributed by atoms with Crippen molar-refractivity contribution in [2.24, 2.45) is 5.41 Å². The van der Waals surface area contributed by atoms with Gasteiger partial charge in [-0.05, 0) is 29.6 Å². The van der Waals surface area contributed by atoms with Crippen LogP contribution in [0.4, 0.5) is 10.6 Å². The minimum absolute atomic E-state index is 0.0844. The maximum atomic E-state index is 10.9. The van der Waals surface area contributed by atoms with Crippen LogP contribution in [0.1, 0.15) is 47.4 Å². The molecule has 1 amide bonds. The van der Waals surface area contributed by atoms with Crippen molar-refractivity contribution in [2.75, 3.05) is 11.9 Å². The van der Waals surface area contributed by atoms with E-state index in [0.717, 1.165) is 0 Å². The van der Waals surface area contributed by atoms with E-state index in [9.17, 15) is 4.79 Å². The van der Waals surface area contributed by atoms with Gasteiger partial charge in [0.2, 0.25) is 11.8 Å². The highest BCUT2D eigenvalue weighted by Gasteiger charge is 2.37. The normalized spacial score (nSPS) is 13.7. The van der Waals surface area contributed by atoms with Crippen LogP contribution in [0.2, 0.25) is 23.2 Å². The molecule has 3 N–H and O–H groups in total. The zero-order valence-electron chi connectivity index (χ0n) is 20.0. The maximum absolute atomic E-state index is 10.9. The molecule has 0 aliphatic rings. The number of halogens is 1. The van der Waals surface area contributed by atoms with Crippen LogP contribution >= 0.6 is 11.6 Å². The molecule has 2 aromatic rings. The lowest BCUT2D eigenvalue weighted by atomic mass is 9.86. The fourth-order valence-electron chi connectivity index (χ4n) is 2.48. The maximum Gasteiger partial charge on any atom is 0.404 e. The number of rotatable bonds is 8. The van der Waals surface area contributed by atoms with Crippen molar-refractivity contribution in [2.45, 2.75) is 72.3 Å². The first-order valence-corrected chi connectivity index (χ1v) is 13.7. The minimum Gasteiger partial charge on any atom is -0.465 e. The van der Waals surface area contributed by atoms with Crippen LogP contribution in [0, 0.1) is 5.41 Å². The first-order valence-electron chi connectivity index (χ1n) is 10.5. The van der Waals surface area contributed by atoms with Gasteiger partial charge in [0, 0.05) is 18.8 Å². The molecule has 0 saturated carbocycles. The predicted octanol–water partition coefficient (Wildman–Crippen LogP) is 5.40. The molecule has 0 aliphatic carbocycles. The van der Waals surface area contributed by atoms with E-state index in [0.29, 0.717) is 28.2 Å². The fourth-order valence-corrected chi connectivity index (χ4v) is 3.61. The molecule has 11 heteroatoms. The molecule has 0 spiro atoms. The van der Waals surface area contributed by atoms with Gasteiger partial charge in [0.15, 0.2) is 8.32 Å². The van der Waals surface area contributed by atoms with E-state index in [1.165, 1.54) is 0 Å². The van der Waals surface area contributed by atoms with E-state index < -0.39 is 14.4 Å². The Morgan fingerprint density at radius 3 is 2.44 bits per heavy atom. The Labute approximate surface area is 195 Å². The van der Waals surface area contributed by atoms with E-state index in [4.69, 9.17) is 25.6 Å². The van der Waals surface area contributed by atoms with Crippen molar-refractivity contribution in [3.8, 4) is 11.5 Å². The molecule has 0 radical (unpaired) electrons. The van der Waals surface area contributed by atoms with Gasteiger partial charge in [-0.15, -0.1) is 10.2 Å². The Hall–Kier alpha value is -2.17. The van der Waals surface area contributed by atoms with Gasteiger partial charge in [-0.1, -0.05) is 53.1 Å². The number of hydrogen-bond acceptors (Lipinski definition) is 7. The second-order valence-electron chi connectivity index (χ2n) is 10.4. The van der Waals surface area contributed by atoms with Crippen LogP contribution in [-0.4, -0.2) is 47.3 Å². The Kier molecular flexibility index (Phi) is 7.95. The monoisotopic (exact) mass is 483 g/mol. The highest BCUT2D eigenvalue weighted by atomic mass is 35.5. The molecular formula is C21H34ClN5O4Si. The largest absolute Gasteiger partial charge is 0.465 e. The lowest BCUT2D eigenvalue weighted by Gasteiger charge is -2.35. The summed E-state index contributed by atoms with van der Waals surface area (Å²) in [6.45, 7) is 17.3. The Morgan fingerprint density at radius 2 is 1.91 bits per heavy atom. The SMILES string of the molecule is CC(C)(C)C(CNC(=O)O)Nc1ncc(-c2nnc(CO[Si](C)(C)C(C)(C)C)o2)cc1Cl. The molecule has 0 aliphatic heterocycles. The van der Waals surface area contributed by atoms with Gasteiger partial charge in [-0.25, -0.2) is 9.78 Å². The molecule has 2 aromatic heterocycles. The number of aromatic nitrogens is 3. The van der Waals surface area contributed by atoms with Gasteiger partial charge in [-0.3, -0.25) is 0 Å². The van der Waals surface area contributed by atoms with E-state index >= 15 is 0 Å². The average Bonchev–Trinajstić information content (AvgIpc) is 3.11. The molecule has 0 aromatic carbocycles. The molecule has 1 atom stereocenters. The van der Waals surface area contributed by atoms with Crippen LogP contribution in [0.15, 0.2) is 16.7 Å². The second-order valence-corrected chi connectivity index (χ2v) is 15.6. The predicted molar refractivity (Wildman–Crippen MR) is 127 cm³/mol. The Balaban J connectivity index is 2.12. The topological polar surface area (TPSA) is 122 Å². The lowest BCUT2D eigenvalue weighted by Crippen LogP contribution is -2.44. The first-order chi connectivity index (χ1) is 14.6. The molecule has 0 saturated heterocycles. The van der Waals surface area contributed by atoms with Gasteiger partial charge in [0.1, 0.15) is 12.4 Å².